The first-order valence-corrected chi connectivity index (χ1v) is 9.77. The number of nitrogens with one attached hydrogen (secondary N) is 1. The van der Waals surface area contributed by atoms with Crippen molar-refractivity contribution in [3.05, 3.63) is 94.1 Å². The Morgan fingerprint density at radius 3 is 2.59 bits per heavy atom. The molecule has 0 spiro atoms. The van der Waals surface area contributed by atoms with Gasteiger partial charge >= 0.3 is 0 Å². The highest BCUT2D eigenvalue weighted by molar-refractivity contribution is 6.35. The zero-order chi connectivity index (χ0) is 20.5. The van der Waals surface area contributed by atoms with Gasteiger partial charge in [-0.2, -0.15) is 0 Å². The van der Waals surface area contributed by atoms with Crippen molar-refractivity contribution in [1.29, 1.82) is 0 Å². The molecule has 2 N–H and O–H groups in total. The predicted octanol–water partition coefficient (Wildman–Crippen LogP) is 6.43. The van der Waals surface area contributed by atoms with Gasteiger partial charge in [-0.3, -0.25) is 0 Å². The average Bonchev–Trinajstić information content (AvgIpc) is 3.20. The fraction of sp³-hybridized carbons (Fsp3) is 0.125. The number of nitrogens with zero attached hydrogens (tertiary/aromatic N) is 2. The Balaban J connectivity index is 1.74. The summed E-state index contributed by atoms with van der Waals surface area (Å²) in [7, 11) is 2.01. The van der Waals surface area contributed by atoms with Crippen LogP contribution < -0.4 is 4.90 Å². The number of para-hydroxylation sites is 1. The lowest BCUT2D eigenvalue weighted by molar-refractivity contribution is 0.319. The molecule has 4 rings (SSSR count). The van der Waals surface area contributed by atoms with E-state index in [4.69, 9.17) is 11.6 Å². The van der Waals surface area contributed by atoms with E-state index in [-0.39, 0.29) is 0 Å². The Kier molecular flexibility index (Phi) is 5.03. The summed E-state index contributed by atoms with van der Waals surface area (Å²) >= 11 is 6.65. The van der Waals surface area contributed by atoms with E-state index in [1.54, 1.807) is 0 Å². The third-order valence-electron chi connectivity index (χ3n) is 5.27. The second kappa shape index (κ2) is 7.64. The first kappa shape index (κ1) is 19.1. The van der Waals surface area contributed by atoms with Crippen LogP contribution in [0.2, 0.25) is 5.02 Å². The van der Waals surface area contributed by atoms with E-state index in [1.165, 1.54) is 0 Å². The van der Waals surface area contributed by atoms with Crippen molar-refractivity contribution in [1.82, 2.24) is 4.98 Å². The molecule has 29 heavy (non-hydrogen) atoms. The molecule has 1 aromatic heterocycles. The van der Waals surface area contributed by atoms with Gasteiger partial charge in [0.05, 0.1) is 16.2 Å². The standard InChI is InChI=1S/C24H22ClN3O/c1-15-7-8-16(2)20(13-15)24(27-29)19-10-9-18(14-21(19)25)28(3)22-6-4-5-17-11-12-26-23(17)22/h4-14,26,29H,1-3H3. The van der Waals surface area contributed by atoms with E-state index in [2.05, 4.69) is 33.2 Å². The van der Waals surface area contributed by atoms with Crippen molar-refractivity contribution in [2.45, 2.75) is 13.8 Å². The molecule has 0 saturated carbocycles. The van der Waals surface area contributed by atoms with Gasteiger partial charge in [0.2, 0.25) is 0 Å². The van der Waals surface area contributed by atoms with Crippen LogP contribution in [0.15, 0.2) is 72.0 Å². The van der Waals surface area contributed by atoms with Crippen molar-refractivity contribution in [3.63, 3.8) is 0 Å². The van der Waals surface area contributed by atoms with Crippen molar-refractivity contribution < 1.29 is 5.21 Å². The second-order valence-electron chi connectivity index (χ2n) is 7.21. The van der Waals surface area contributed by atoms with Gasteiger partial charge in [-0.05, 0) is 55.8 Å². The minimum absolute atomic E-state index is 0.469. The van der Waals surface area contributed by atoms with Crippen molar-refractivity contribution in [2.75, 3.05) is 11.9 Å². The maximum Gasteiger partial charge on any atom is 0.118 e. The van der Waals surface area contributed by atoms with Crippen molar-refractivity contribution in [2.24, 2.45) is 5.16 Å². The van der Waals surface area contributed by atoms with Crippen LogP contribution in [0, 0.1) is 13.8 Å². The fourth-order valence-corrected chi connectivity index (χ4v) is 3.90. The summed E-state index contributed by atoms with van der Waals surface area (Å²) in [4.78, 5) is 5.38. The van der Waals surface area contributed by atoms with E-state index in [0.717, 1.165) is 39.0 Å². The molecule has 4 aromatic rings. The largest absolute Gasteiger partial charge is 0.410 e. The third-order valence-corrected chi connectivity index (χ3v) is 5.58. The number of H-pyrrole nitrogens is 1. The van der Waals surface area contributed by atoms with Crippen LogP contribution >= 0.6 is 11.6 Å². The van der Waals surface area contributed by atoms with Gasteiger partial charge in [0.15, 0.2) is 0 Å². The number of hydrogen-bond donors (Lipinski definition) is 2. The summed E-state index contributed by atoms with van der Waals surface area (Å²) in [5.41, 5.74) is 7.23. The summed E-state index contributed by atoms with van der Waals surface area (Å²) in [6.45, 7) is 4.01. The molecular formula is C24H22ClN3O. The van der Waals surface area contributed by atoms with Crippen LogP contribution in [0.5, 0.6) is 0 Å². The lowest BCUT2D eigenvalue weighted by atomic mass is 9.96. The molecule has 0 bridgehead atoms. The van der Waals surface area contributed by atoms with E-state index in [1.807, 2.05) is 69.6 Å². The van der Waals surface area contributed by atoms with Crippen LogP contribution in [-0.2, 0) is 0 Å². The summed E-state index contributed by atoms with van der Waals surface area (Å²) in [6.07, 6.45) is 1.94. The predicted molar refractivity (Wildman–Crippen MR) is 121 cm³/mol. The molecule has 3 aromatic carbocycles. The molecule has 0 aliphatic rings. The van der Waals surface area contributed by atoms with Gasteiger partial charge in [0, 0.05) is 35.4 Å². The molecule has 1 heterocycles. The van der Waals surface area contributed by atoms with Gasteiger partial charge < -0.3 is 15.1 Å². The summed E-state index contributed by atoms with van der Waals surface area (Å²) in [5.74, 6) is 0. The number of anilines is 2. The minimum Gasteiger partial charge on any atom is -0.410 e. The summed E-state index contributed by atoms with van der Waals surface area (Å²) in [5, 5.41) is 15.0. The number of aryl methyl sites for hydroxylation is 2. The number of hydrogen-bond acceptors (Lipinski definition) is 3. The van der Waals surface area contributed by atoms with Gasteiger partial charge in [-0.25, -0.2) is 0 Å². The van der Waals surface area contributed by atoms with E-state index in [9.17, 15) is 5.21 Å². The highest BCUT2D eigenvalue weighted by atomic mass is 35.5. The first-order valence-electron chi connectivity index (χ1n) is 9.39. The molecule has 146 valence electrons. The number of rotatable bonds is 4. The highest BCUT2D eigenvalue weighted by Crippen LogP contribution is 2.33. The number of aromatic amines is 1. The van der Waals surface area contributed by atoms with Crippen molar-refractivity contribution in [3.8, 4) is 0 Å². The maximum absolute atomic E-state index is 9.74. The smallest absolute Gasteiger partial charge is 0.118 e. The SMILES string of the molecule is Cc1ccc(C)c(C(=NO)c2ccc(N(C)c3cccc4cc[nH]c34)cc2Cl)c1. The molecule has 0 amide bonds. The van der Waals surface area contributed by atoms with Crippen LogP contribution in [0.1, 0.15) is 22.3 Å². The Labute approximate surface area is 175 Å². The molecule has 0 atom stereocenters. The number of halogens is 1. The zero-order valence-corrected chi connectivity index (χ0v) is 17.3. The topological polar surface area (TPSA) is 51.6 Å². The van der Waals surface area contributed by atoms with Gasteiger partial charge in [0.25, 0.3) is 0 Å². The monoisotopic (exact) mass is 403 g/mol. The first-order chi connectivity index (χ1) is 14.0. The van der Waals surface area contributed by atoms with Crippen LogP contribution in [0.4, 0.5) is 11.4 Å². The lowest BCUT2D eigenvalue weighted by Crippen LogP contribution is -2.11. The molecule has 4 nitrogen and oxygen atoms in total. The molecule has 0 aliphatic carbocycles. The van der Waals surface area contributed by atoms with E-state index in [0.29, 0.717) is 16.3 Å². The Morgan fingerprint density at radius 2 is 1.83 bits per heavy atom. The van der Waals surface area contributed by atoms with Gasteiger partial charge in [-0.1, -0.05) is 46.6 Å². The zero-order valence-electron chi connectivity index (χ0n) is 16.6. The van der Waals surface area contributed by atoms with Gasteiger partial charge in [0.1, 0.15) is 5.71 Å². The van der Waals surface area contributed by atoms with E-state index >= 15 is 0 Å². The third kappa shape index (κ3) is 3.47. The Morgan fingerprint density at radius 1 is 1.00 bits per heavy atom. The quantitative estimate of drug-likeness (QED) is 0.234. The summed E-state index contributed by atoms with van der Waals surface area (Å²) < 4.78 is 0. The fourth-order valence-electron chi connectivity index (χ4n) is 3.64. The number of benzene rings is 3. The minimum atomic E-state index is 0.469. The van der Waals surface area contributed by atoms with Crippen LogP contribution in [-0.4, -0.2) is 23.0 Å². The molecule has 0 aliphatic heterocycles. The Hall–Kier alpha value is -3.24. The number of fused-ring (bicyclic) bond motifs is 1. The van der Waals surface area contributed by atoms with Gasteiger partial charge in [-0.15, -0.1) is 0 Å². The maximum atomic E-state index is 9.74. The lowest BCUT2D eigenvalue weighted by Gasteiger charge is -2.21. The molecule has 0 saturated heterocycles. The molecular weight excluding hydrogens is 382 g/mol. The number of aromatic nitrogens is 1. The summed E-state index contributed by atoms with van der Waals surface area (Å²) in [6, 6.07) is 20.1. The van der Waals surface area contributed by atoms with E-state index < -0.39 is 0 Å². The van der Waals surface area contributed by atoms with Crippen LogP contribution in [0.3, 0.4) is 0 Å². The molecule has 0 radical (unpaired) electrons. The average molecular weight is 404 g/mol. The second-order valence-corrected chi connectivity index (χ2v) is 7.62. The van der Waals surface area contributed by atoms with Crippen molar-refractivity contribution >= 4 is 39.6 Å². The van der Waals surface area contributed by atoms with Crippen LogP contribution in [0.25, 0.3) is 10.9 Å². The Bertz CT molecular complexity index is 1230. The highest BCUT2D eigenvalue weighted by Gasteiger charge is 2.16. The molecule has 0 fully saturated rings. The number of oxime groups is 1. The normalized spacial score (nSPS) is 11.8. The molecule has 0 unspecified atom stereocenters. The molecule has 5 heteroatoms.